The summed E-state index contributed by atoms with van der Waals surface area (Å²) >= 11 is 0. The molecule has 3 atom stereocenters. The van der Waals surface area contributed by atoms with E-state index in [9.17, 15) is 0 Å². The van der Waals surface area contributed by atoms with Gasteiger partial charge in [0.2, 0.25) is 5.69 Å². The normalized spacial score (nSPS) is 16.6. The number of anilines is 3. The zero-order valence-electron chi connectivity index (χ0n) is 40.0. The van der Waals surface area contributed by atoms with Crippen molar-refractivity contribution in [2.45, 2.75) is 70.9 Å². The fraction of sp³-hybridized carbons (Fsp3) is 0.210. The Morgan fingerprint density at radius 2 is 1.37 bits per heavy atom. The molecule has 0 radical (unpaired) electrons. The summed E-state index contributed by atoms with van der Waals surface area (Å²) in [7, 11) is 0.489. The van der Waals surface area contributed by atoms with E-state index in [-0.39, 0.29) is 23.9 Å². The van der Waals surface area contributed by atoms with Crippen molar-refractivity contribution in [1.29, 1.82) is 0 Å². The van der Waals surface area contributed by atoms with E-state index in [2.05, 4.69) is 195 Å². The van der Waals surface area contributed by atoms with Crippen molar-refractivity contribution >= 4 is 52.3 Å². The average molecular weight is 909 g/mol. The number of para-hydroxylation sites is 2. The van der Waals surface area contributed by atoms with Crippen LogP contribution in [0.2, 0.25) is 19.6 Å². The molecule has 7 aromatic carbocycles. The molecule has 2 aliphatic rings. The van der Waals surface area contributed by atoms with Crippen molar-refractivity contribution in [2.24, 2.45) is 5.92 Å². The molecule has 4 heterocycles. The second-order valence-corrected chi connectivity index (χ2v) is 25.4. The van der Waals surface area contributed by atoms with Gasteiger partial charge in [0.05, 0.1) is 25.4 Å². The highest BCUT2D eigenvalue weighted by Crippen LogP contribution is 2.53. The van der Waals surface area contributed by atoms with E-state index in [0.717, 1.165) is 63.8 Å². The van der Waals surface area contributed by atoms with Gasteiger partial charge in [-0.05, 0) is 101 Å². The van der Waals surface area contributed by atoms with Crippen molar-refractivity contribution in [3.8, 4) is 33.5 Å². The molecule has 11 rings (SSSR count). The molecule has 2 aromatic heterocycles. The topological polar surface area (TPSA) is 23.5 Å². The number of halogens is 1. The van der Waals surface area contributed by atoms with E-state index in [1.165, 1.54) is 44.3 Å². The van der Waals surface area contributed by atoms with Crippen LogP contribution >= 0.6 is 0 Å². The van der Waals surface area contributed by atoms with Gasteiger partial charge in [0.15, 0.2) is 12.2 Å². The van der Waals surface area contributed by atoms with Crippen molar-refractivity contribution in [3.05, 3.63) is 211 Å². The number of aryl methyl sites for hydroxylation is 1. The molecule has 9 aromatic rings. The summed E-state index contributed by atoms with van der Waals surface area (Å²) in [4.78, 5) is 4.86. The number of fused-ring (bicyclic) bond motifs is 7. The van der Waals surface area contributed by atoms with Gasteiger partial charge in [-0.2, -0.15) is 4.57 Å². The maximum Gasteiger partial charge on any atom is 0.213 e. The van der Waals surface area contributed by atoms with Gasteiger partial charge in [-0.15, -0.1) is 0 Å². The number of rotatable bonds is 11. The molecule has 2 aliphatic heterocycles. The van der Waals surface area contributed by atoms with E-state index in [1.54, 1.807) is 6.07 Å². The van der Waals surface area contributed by atoms with Crippen LogP contribution in [0, 0.1) is 11.7 Å². The quantitative estimate of drug-likeness (QED) is 0.0734. The second-order valence-electron chi connectivity index (χ2n) is 20.4. The number of aromatic nitrogens is 1. The summed E-state index contributed by atoms with van der Waals surface area (Å²) in [6.07, 6.45) is 7.17. The predicted octanol–water partition coefficient (Wildman–Crippen LogP) is 15.5. The van der Waals surface area contributed by atoms with E-state index < -0.39 is 8.07 Å². The number of pyridine rings is 1. The lowest BCUT2D eigenvalue weighted by Crippen LogP contribution is -2.53. The number of hydrogen-bond donors (Lipinski definition) is 0. The minimum Gasteiger partial charge on any atom is -0.455 e. The third-order valence-corrected chi connectivity index (χ3v) is 16.6. The van der Waals surface area contributed by atoms with Crippen LogP contribution in [-0.2, 0) is 12.8 Å². The second kappa shape index (κ2) is 17.2. The predicted molar refractivity (Wildman–Crippen MR) is 285 cm³/mol. The van der Waals surface area contributed by atoms with E-state index in [1.807, 2.05) is 36.4 Å². The fourth-order valence-corrected chi connectivity index (χ4v) is 13.1. The molecule has 0 spiro atoms. The lowest BCUT2D eigenvalue weighted by Gasteiger charge is -2.34. The Labute approximate surface area is 401 Å². The highest BCUT2D eigenvalue weighted by atomic mass is 28.3. The van der Waals surface area contributed by atoms with Gasteiger partial charge < -0.3 is 14.2 Å². The third kappa shape index (κ3) is 7.46. The molecule has 0 N–H and O–H groups in total. The van der Waals surface area contributed by atoms with Crippen LogP contribution in [0.25, 0.3) is 55.4 Å². The fourth-order valence-electron chi connectivity index (χ4n) is 11.4. The van der Waals surface area contributed by atoms with E-state index in [0.29, 0.717) is 17.1 Å². The van der Waals surface area contributed by atoms with Crippen LogP contribution in [0.5, 0.6) is 0 Å². The maximum atomic E-state index is 16.2. The summed E-state index contributed by atoms with van der Waals surface area (Å²) in [6.45, 7) is 16.6. The Morgan fingerprint density at radius 3 is 2.07 bits per heavy atom. The van der Waals surface area contributed by atoms with Crippen LogP contribution in [-0.4, -0.2) is 15.1 Å². The molecule has 68 heavy (non-hydrogen) atoms. The van der Waals surface area contributed by atoms with E-state index >= 15 is 4.39 Å². The lowest BCUT2D eigenvalue weighted by molar-refractivity contribution is -0.706. The largest absolute Gasteiger partial charge is 0.455 e. The molecule has 0 saturated carbocycles. The zero-order valence-corrected chi connectivity index (χ0v) is 41.0. The first-order valence-electron chi connectivity index (χ1n) is 24.3. The Hall–Kier alpha value is -7.02. The molecule has 6 heteroatoms. The lowest BCUT2D eigenvalue weighted by atomic mass is 9.79. The molecule has 0 saturated heterocycles. The van der Waals surface area contributed by atoms with Gasteiger partial charge >= 0.3 is 0 Å². The highest BCUT2D eigenvalue weighted by Gasteiger charge is 2.42. The SMILES string of the molecule is C=CC1C(CCc2ccc3c(oc4cc(F)c(-c5ccccc5)cc43)c2C2N(C)c3ccccc3N2c2ccc(-c3ccccc3)cc2)c2ccccc2-c2cc(CC(C)C)c([Si](C)(C)C)c[n+]21. The number of allylic oxidation sites excluding steroid dienone is 1. The first kappa shape index (κ1) is 43.5. The Bertz CT molecular complexity index is 3350. The molecule has 0 fully saturated rings. The number of nitrogens with zero attached hydrogens (tertiary/aromatic N) is 3. The summed E-state index contributed by atoms with van der Waals surface area (Å²) < 4.78 is 25.8. The molecule has 4 nitrogen and oxygen atoms in total. The number of benzene rings is 7. The molecular weight excluding hydrogens is 850 g/mol. The van der Waals surface area contributed by atoms with Gasteiger partial charge in [-0.3, -0.25) is 0 Å². The van der Waals surface area contributed by atoms with Gasteiger partial charge in [0.25, 0.3) is 0 Å². The van der Waals surface area contributed by atoms with E-state index in [4.69, 9.17) is 4.42 Å². The van der Waals surface area contributed by atoms with Crippen molar-refractivity contribution < 1.29 is 13.4 Å². The zero-order chi connectivity index (χ0) is 46.8. The van der Waals surface area contributed by atoms with Crippen molar-refractivity contribution in [3.63, 3.8) is 0 Å². The Balaban J connectivity index is 1.08. The minimum atomic E-state index is -1.71. The molecule has 338 valence electrons. The minimum absolute atomic E-state index is 0.0684. The maximum absolute atomic E-state index is 16.2. The van der Waals surface area contributed by atoms with Crippen molar-refractivity contribution in [1.82, 2.24) is 0 Å². The smallest absolute Gasteiger partial charge is 0.213 e. The van der Waals surface area contributed by atoms with Crippen molar-refractivity contribution in [2.75, 3.05) is 16.8 Å². The third-order valence-electron chi connectivity index (χ3n) is 14.6. The molecule has 0 bridgehead atoms. The molecular formula is C62H59FN3OSi+. The van der Waals surface area contributed by atoms with Crippen LogP contribution in [0.4, 0.5) is 21.5 Å². The van der Waals surface area contributed by atoms with Gasteiger partial charge in [-0.25, -0.2) is 4.39 Å². The summed E-state index contributed by atoms with van der Waals surface area (Å²) in [5.74, 6) is 0.441. The summed E-state index contributed by atoms with van der Waals surface area (Å²) in [6, 6.07) is 57.7. The first-order valence-corrected chi connectivity index (χ1v) is 27.8. The standard InChI is InChI=1S/C62H59FN3OSi/c1-8-54-49(47-23-15-16-24-48(47)57-36-45(35-40(2)3)59(39-65(54)57)68(5,6)7)33-29-44-30-34-50-52-37-51(43-21-13-10-14-22-43)53(63)38-58(52)67-61(50)60(44)62-64(4)55-25-17-18-26-56(55)66(62)46-31-27-42(28-32-46)41-19-11-9-12-20-41/h8-28,30-32,34,36-40,49,54,62H,1,29,33,35H2,2-7H3/q+1. The van der Waals surface area contributed by atoms with Crippen LogP contribution in [0.1, 0.15) is 60.6 Å². The highest BCUT2D eigenvalue weighted by molar-refractivity contribution is 6.89. The summed E-state index contributed by atoms with van der Waals surface area (Å²) in [5.41, 5.74) is 16.2. The van der Waals surface area contributed by atoms with Gasteiger partial charge in [-0.1, -0.05) is 155 Å². The van der Waals surface area contributed by atoms with Crippen LogP contribution in [0.15, 0.2) is 187 Å². The summed E-state index contributed by atoms with van der Waals surface area (Å²) in [5, 5.41) is 3.42. The average Bonchev–Trinajstić information content (AvgIpc) is 3.86. The van der Waals surface area contributed by atoms with Gasteiger partial charge in [0.1, 0.15) is 23.1 Å². The Morgan fingerprint density at radius 1 is 0.706 bits per heavy atom. The van der Waals surface area contributed by atoms with Crippen LogP contribution < -0.4 is 19.6 Å². The molecule has 3 unspecified atom stereocenters. The number of furan rings is 1. The van der Waals surface area contributed by atoms with Crippen LogP contribution in [0.3, 0.4) is 0 Å². The number of hydrogen-bond acceptors (Lipinski definition) is 3. The molecule has 0 amide bonds. The molecule has 0 aliphatic carbocycles. The Kier molecular flexibility index (Phi) is 11.0. The first-order chi connectivity index (χ1) is 33.0. The monoisotopic (exact) mass is 908 g/mol. The van der Waals surface area contributed by atoms with Gasteiger partial charge in [0, 0.05) is 57.5 Å².